The van der Waals surface area contributed by atoms with Gasteiger partial charge >= 0.3 is 0 Å². The second-order valence-corrected chi connectivity index (χ2v) is 6.46. The van der Waals surface area contributed by atoms with E-state index in [0.29, 0.717) is 11.3 Å². The molecule has 0 fully saturated rings. The Morgan fingerprint density at radius 1 is 1.42 bits per heavy atom. The van der Waals surface area contributed by atoms with E-state index in [9.17, 15) is 4.79 Å². The van der Waals surface area contributed by atoms with Crippen LogP contribution < -0.4 is 5.73 Å². The third kappa shape index (κ3) is 3.27. The van der Waals surface area contributed by atoms with Gasteiger partial charge < -0.3 is 10.6 Å². The second-order valence-electron chi connectivity index (χ2n) is 4.31. The van der Waals surface area contributed by atoms with Crippen molar-refractivity contribution < 1.29 is 4.79 Å². The Hall–Kier alpha value is -1.53. The molecule has 1 aromatic heterocycles. The maximum Gasteiger partial charge on any atom is 0.254 e. The number of rotatable bonds is 3. The molecule has 1 heterocycles. The molecule has 2 N–H and O–H groups in total. The summed E-state index contributed by atoms with van der Waals surface area (Å²) in [6.45, 7) is 1.95. The van der Waals surface area contributed by atoms with Crippen LogP contribution in [-0.4, -0.2) is 29.9 Å². The first-order valence-corrected chi connectivity index (χ1v) is 7.38. The standard InChI is InChI=1S/C13H15N3OS2/c1-8-7-18-13(15-8)19-11-6-9(14)4-5-10(11)12(17)16(2)3/h4-7H,14H2,1-3H3. The molecule has 0 unspecified atom stereocenters. The van der Waals surface area contributed by atoms with Gasteiger partial charge in [-0.3, -0.25) is 4.79 Å². The van der Waals surface area contributed by atoms with Crippen molar-refractivity contribution in [3.05, 3.63) is 34.8 Å². The van der Waals surface area contributed by atoms with Crippen LogP contribution in [0.4, 0.5) is 5.69 Å². The molecule has 0 radical (unpaired) electrons. The van der Waals surface area contributed by atoms with E-state index >= 15 is 0 Å². The van der Waals surface area contributed by atoms with Crippen molar-refractivity contribution in [2.24, 2.45) is 0 Å². The Kier molecular flexibility index (Phi) is 4.11. The molecular weight excluding hydrogens is 278 g/mol. The number of amides is 1. The first kappa shape index (κ1) is 13.9. The van der Waals surface area contributed by atoms with Gasteiger partial charge in [0.25, 0.3) is 5.91 Å². The largest absolute Gasteiger partial charge is 0.399 e. The van der Waals surface area contributed by atoms with Crippen LogP contribution in [-0.2, 0) is 0 Å². The molecule has 0 aliphatic rings. The van der Waals surface area contributed by atoms with Crippen molar-refractivity contribution in [1.82, 2.24) is 9.88 Å². The van der Waals surface area contributed by atoms with E-state index in [1.807, 2.05) is 18.4 Å². The summed E-state index contributed by atoms with van der Waals surface area (Å²) >= 11 is 3.04. The number of nitrogens with zero attached hydrogens (tertiary/aromatic N) is 2. The molecule has 0 aliphatic heterocycles. The zero-order chi connectivity index (χ0) is 14.0. The van der Waals surface area contributed by atoms with Crippen LogP contribution in [0.1, 0.15) is 16.1 Å². The zero-order valence-corrected chi connectivity index (χ0v) is 12.6. The lowest BCUT2D eigenvalue weighted by atomic mass is 10.2. The van der Waals surface area contributed by atoms with E-state index < -0.39 is 0 Å². The Labute approximate surface area is 120 Å². The number of nitrogen functional groups attached to an aromatic ring is 1. The van der Waals surface area contributed by atoms with E-state index in [-0.39, 0.29) is 5.91 Å². The predicted octanol–water partition coefficient (Wildman–Crippen LogP) is 2.89. The molecule has 4 nitrogen and oxygen atoms in total. The van der Waals surface area contributed by atoms with Gasteiger partial charge in [0, 0.05) is 35.8 Å². The highest BCUT2D eigenvalue weighted by Crippen LogP contribution is 2.34. The van der Waals surface area contributed by atoms with Gasteiger partial charge in [-0.2, -0.15) is 0 Å². The van der Waals surface area contributed by atoms with Gasteiger partial charge in [0.15, 0.2) is 4.34 Å². The molecule has 0 bridgehead atoms. The van der Waals surface area contributed by atoms with E-state index in [4.69, 9.17) is 5.73 Å². The third-order valence-electron chi connectivity index (χ3n) is 2.44. The number of benzene rings is 1. The van der Waals surface area contributed by atoms with Gasteiger partial charge in [0.05, 0.1) is 5.56 Å². The summed E-state index contributed by atoms with van der Waals surface area (Å²) in [7, 11) is 3.47. The molecule has 0 saturated heterocycles. The first-order chi connectivity index (χ1) is 8.97. The maximum absolute atomic E-state index is 12.1. The molecule has 0 atom stereocenters. The summed E-state index contributed by atoms with van der Waals surface area (Å²) in [6.07, 6.45) is 0. The van der Waals surface area contributed by atoms with Crippen molar-refractivity contribution in [2.75, 3.05) is 19.8 Å². The van der Waals surface area contributed by atoms with Gasteiger partial charge in [-0.05, 0) is 25.1 Å². The second kappa shape index (κ2) is 5.63. The quantitative estimate of drug-likeness (QED) is 0.884. The van der Waals surface area contributed by atoms with Crippen molar-refractivity contribution >= 4 is 34.7 Å². The summed E-state index contributed by atoms with van der Waals surface area (Å²) in [5.74, 6) is -0.0317. The third-order valence-corrected chi connectivity index (χ3v) is 4.55. The number of carbonyl (C=O) groups excluding carboxylic acids is 1. The van der Waals surface area contributed by atoms with Gasteiger partial charge in [-0.25, -0.2) is 4.98 Å². The van der Waals surface area contributed by atoms with Crippen LogP contribution in [0.2, 0.25) is 0 Å². The minimum atomic E-state index is -0.0317. The number of anilines is 1. The van der Waals surface area contributed by atoms with Gasteiger partial charge in [-0.15, -0.1) is 11.3 Å². The Morgan fingerprint density at radius 3 is 2.74 bits per heavy atom. The molecule has 100 valence electrons. The highest BCUT2D eigenvalue weighted by atomic mass is 32.2. The lowest BCUT2D eigenvalue weighted by Crippen LogP contribution is -2.22. The van der Waals surface area contributed by atoms with Crippen LogP contribution in [0.5, 0.6) is 0 Å². The Morgan fingerprint density at radius 2 is 2.16 bits per heavy atom. The van der Waals surface area contributed by atoms with Crippen LogP contribution in [0.3, 0.4) is 0 Å². The SMILES string of the molecule is Cc1csc(Sc2cc(N)ccc2C(=O)N(C)C)n1. The molecule has 1 amide bonds. The van der Waals surface area contributed by atoms with Crippen LogP contribution >= 0.6 is 23.1 Å². The summed E-state index contributed by atoms with van der Waals surface area (Å²) in [6, 6.07) is 5.33. The zero-order valence-electron chi connectivity index (χ0n) is 11.0. The van der Waals surface area contributed by atoms with Gasteiger partial charge in [-0.1, -0.05) is 11.8 Å². The summed E-state index contributed by atoms with van der Waals surface area (Å²) in [4.78, 5) is 18.9. The molecule has 2 rings (SSSR count). The van der Waals surface area contributed by atoms with Crippen LogP contribution in [0.25, 0.3) is 0 Å². The number of thiazole rings is 1. The van der Waals surface area contributed by atoms with Crippen molar-refractivity contribution in [3.63, 3.8) is 0 Å². The van der Waals surface area contributed by atoms with Crippen LogP contribution in [0, 0.1) is 6.92 Å². The van der Waals surface area contributed by atoms with E-state index in [2.05, 4.69) is 4.98 Å². The Balaban J connectivity index is 2.37. The molecule has 0 aliphatic carbocycles. The summed E-state index contributed by atoms with van der Waals surface area (Å²) < 4.78 is 0.913. The molecule has 0 saturated carbocycles. The number of hydrogen-bond acceptors (Lipinski definition) is 5. The average molecular weight is 293 g/mol. The highest BCUT2D eigenvalue weighted by molar-refractivity contribution is 8.01. The fourth-order valence-corrected chi connectivity index (χ4v) is 3.48. The molecule has 6 heteroatoms. The summed E-state index contributed by atoms with van der Waals surface area (Å²) in [5, 5.41) is 1.99. The smallest absolute Gasteiger partial charge is 0.254 e. The number of nitrogens with two attached hydrogens (primary N) is 1. The molecule has 19 heavy (non-hydrogen) atoms. The lowest BCUT2D eigenvalue weighted by Gasteiger charge is -2.13. The number of carbonyl (C=O) groups is 1. The lowest BCUT2D eigenvalue weighted by molar-refractivity contribution is 0.0824. The fraction of sp³-hybridized carbons (Fsp3) is 0.231. The normalized spacial score (nSPS) is 10.5. The monoisotopic (exact) mass is 293 g/mol. The number of hydrogen-bond donors (Lipinski definition) is 1. The predicted molar refractivity (Wildman–Crippen MR) is 79.8 cm³/mol. The van der Waals surface area contributed by atoms with Crippen molar-refractivity contribution in [2.45, 2.75) is 16.2 Å². The highest BCUT2D eigenvalue weighted by Gasteiger charge is 2.15. The minimum Gasteiger partial charge on any atom is -0.399 e. The van der Waals surface area contributed by atoms with Gasteiger partial charge in [0.1, 0.15) is 0 Å². The number of aromatic nitrogens is 1. The molecule has 2 aromatic rings. The van der Waals surface area contributed by atoms with E-state index in [1.165, 1.54) is 11.8 Å². The summed E-state index contributed by atoms with van der Waals surface area (Å²) in [5.41, 5.74) is 8.09. The number of aryl methyl sites for hydroxylation is 1. The van der Waals surface area contributed by atoms with Crippen molar-refractivity contribution in [1.29, 1.82) is 0 Å². The minimum absolute atomic E-state index is 0.0317. The average Bonchev–Trinajstić information content (AvgIpc) is 2.74. The molecular formula is C13H15N3OS2. The molecule has 1 aromatic carbocycles. The van der Waals surface area contributed by atoms with Gasteiger partial charge in [0.2, 0.25) is 0 Å². The maximum atomic E-state index is 12.1. The first-order valence-electron chi connectivity index (χ1n) is 5.68. The van der Waals surface area contributed by atoms with Crippen LogP contribution in [0.15, 0.2) is 32.8 Å². The fourth-order valence-electron chi connectivity index (χ4n) is 1.51. The topological polar surface area (TPSA) is 59.2 Å². The van der Waals surface area contributed by atoms with E-state index in [0.717, 1.165) is 14.9 Å². The Bertz CT molecular complexity index is 608. The molecule has 0 spiro atoms. The van der Waals surface area contributed by atoms with Crippen molar-refractivity contribution in [3.8, 4) is 0 Å². The van der Waals surface area contributed by atoms with E-state index in [1.54, 1.807) is 42.5 Å².